The molecule has 1 aliphatic rings. The van der Waals surface area contributed by atoms with Gasteiger partial charge in [0.25, 0.3) is 0 Å². The van der Waals surface area contributed by atoms with Crippen molar-refractivity contribution in [1.82, 2.24) is 10.2 Å². The summed E-state index contributed by atoms with van der Waals surface area (Å²) in [6.45, 7) is 5.99. The van der Waals surface area contributed by atoms with Gasteiger partial charge in [-0.25, -0.2) is 0 Å². The number of hydrogen-bond acceptors (Lipinski definition) is 3. The second-order valence-electron chi connectivity index (χ2n) is 5.31. The molecule has 110 valence electrons. The zero-order chi connectivity index (χ0) is 14.5. The van der Waals surface area contributed by atoms with Crippen LogP contribution in [0.25, 0.3) is 0 Å². The van der Waals surface area contributed by atoms with Crippen molar-refractivity contribution in [2.75, 3.05) is 19.6 Å². The average Bonchev–Trinajstić information content (AvgIpc) is 2.44. The molecule has 2 rings (SSSR count). The largest absolute Gasteiger partial charge is 0.508 e. The first kappa shape index (κ1) is 14.9. The number of carbonyl (C=O) groups is 1. The molecule has 20 heavy (non-hydrogen) atoms. The maximum Gasteiger partial charge on any atom is 0.234 e. The van der Waals surface area contributed by atoms with Crippen molar-refractivity contribution in [3.8, 4) is 5.75 Å². The number of phenols is 1. The molecule has 1 amide bonds. The first-order valence-electron chi connectivity index (χ1n) is 7.48. The number of rotatable bonds is 5. The third-order valence-electron chi connectivity index (χ3n) is 3.98. The van der Waals surface area contributed by atoms with Crippen molar-refractivity contribution >= 4 is 5.91 Å². The summed E-state index contributed by atoms with van der Waals surface area (Å²) >= 11 is 0. The van der Waals surface area contributed by atoms with Crippen LogP contribution in [0.4, 0.5) is 0 Å². The fraction of sp³-hybridized carbons (Fsp3) is 0.562. The normalized spacial score (nSPS) is 17.9. The molecule has 1 aromatic carbocycles. The number of hydrogen-bond donors (Lipinski definition) is 2. The zero-order valence-electron chi connectivity index (χ0n) is 12.4. The van der Waals surface area contributed by atoms with E-state index in [1.165, 1.54) is 11.1 Å². The molecule has 0 aromatic heterocycles. The highest BCUT2D eigenvalue weighted by Gasteiger charge is 2.26. The number of phenolic OH excluding ortho intramolecular Hbond substituents is 1. The third-order valence-corrected chi connectivity index (χ3v) is 3.98. The summed E-state index contributed by atoms with van der Waals surface area (Å²) in [6, 6.07) is 5.90. The molecule has 1 atom stereocenters. The molecule has 0 saturated heterocycles. The summed E-state index contributed by atoms with van der Waals surface area (Å²) in [5.41, 5.74) is 2.48. The molecule has 4 nitrogen and oxygen atoms in total. The highest BCUT2D eigenvalue weighted by atomic mass is 16.3. The van der Waals surface area contributed by atoms with Crippen molar-refractivity contribution in [3.63, 3.8) is 0 Å². The summed E-state index contributed by atoms with van der Waals surface area (Å²) in [5, 5.41) is 12.5. The van der Waals surface area contributed by atoms with Crippen molar-refractivity contribution in [1.29, 1.82) is 0 Å². The predicted molar refractivity (Wildman–Crippen MR) is 79.7 cm³/mol. The predicted octanol–water partition coefficient (Wildman–Crippen LogP) is 2.23. The lowest BCUT2D eigenvalue weighted by atomic mass is 9.86. The number of nitrogens with one attached hydrogen (secondary N) is 1. The first-order valence-corrected chi connectivity index (χ1v) is 7.48. The van der Waals surface area contributed by atoms with Gasteiger partial charge in [-0.2, -0.15) is 0 Å². The van der Waals surface area contributed by atoms with Crippen LogP contribution in [0, 0.1) is 0 Å². The van der Waals surface area contributed by atoms with Crippen LogP contribution in [0.3, 0.4) is 0 Å². The van der Waals surface area contributed by atoms with Gasteiger partial charge >= 0.3 is 0 Å². The summed E-state index contributed by atoms with van der Waals surface area (Å²) in [7, 11) is 0. The second kappa shape index (κ2) is 6.75. The number of aromatic hydroxyl groups is 1. The standard InChI is InChI=1S/C16H24N2O2/c1-3-17-16(20)11-18(4-2)15-7-5-6-12-10-13(19)8-9-14(12)15/h8-10,15,19H,3-7,11H2,1-2H3,(H,17,20). The minimum absolute atomic E-state index is 0.0836. The average molecular weight is 276 g/mol. The molecule has 0 bridgehead atoms. The van der Waals surface area contributed by atoms with E-state index in [4.69, 9.17) is 0 Å². The van der Waals surface area contributed by atoms with Gasteiger partial charge in [-0.1, -0.05) is 13.0 Å². The number of amides is 1. The Morgan fingerprint density at radius 1 is 1.45 bits per heavy atom. The molecule has 0 fully saturated rings. The Bertz CT molecular complexity index is 474. The molecule has 0 saturated carbocycles. The van der Waals surface area contributed by atoms with Crippen molar-refractivity contribution in [2.45, 2.75) is 39.2 Å². The Morgan fingerprint density at radius 3 is 2.95 bits per heavy atom. The maximum absolute atomic E-state index is 11.8. The molecule has 4 heteroatoms. The fourth-order valence-corrected chi connectivity index (χ4v) is 3.03. The van der Waals surface area contributed by atoms with Crippen LogP contribution in [0.5, 0.6) is 5.75 Å². The topological polar surface area (TPSA) is 52.6 Å². The van der Waals surface area contributed by atoms with E-state index in [-0.39, 0.29) is 11.9 Å². The van der Waals surface area contributed by atoms with Gasteiger partial charge in [0.15, 0.2) is 0 Å². The Balaban J connectivity index is 2.17. The number of carbonyl (C=O) groups excluding carboxylic acids is 1. The summed E-state index contributed by atoms with van der Waals surface area (Å²) in [4.78, 5) is 14.1. The molecule has 1 aromatic rings. The molecule has 2 N–H and O–H groups in total. The minimum atomic E-state index is 0.0836. The third kappa shape index (κ3) is 3.31. The Hall–Kier alpha value is -1.55. The van der Waals surface area contributed by atoms with Gasteiger partial charge in [0.1, 0.15) is 5.75 Å². The van der Waals surface area contributed by atoms with Crippen LogP contribution >= 0.6 is 0 Å². The van der Waals surface area contributed by atoms with Crippen molar-refractivity contribution < 1.29 is 9.90 Å². The minimum Gasteiger partial charge on any atom is -0.508 e. The van der Waals surface area contributed by atoms with Gasteiger partial charge in [0, 0.05) is 12.6 Å². The number of likely N-dealkylation sites (N-methyl/N-ethyl adjacent to an activating group) is 2. The number of nitrogens with zero attached hydrogens (tertiary/aromatic N) is 1. The molecular formula is C16H24N2O2. The van der Waals surface area contributed by atoms with Gasteiger partial charge in [0.05, 0.1) is 6.54 Å². The highest BCUT2D eigenvalue weighted by Crippen LogP contribution is 2.35. The van der Waals surface area contributed by atoms with E-state index in [0.29, 0.717) is 18.8 Å². The smallest absolute Gasteiger partial charge is 0.234 e. The van der Waals surface area contributed by atoms with Gasteiger partial charge in [0.2, 0.25) is 5.91 Å². The highest BCUT2D eigenvalue weighted by molar-refractivity contribution is 5.78. The van der Waals surface area contributed by atoms with E-state index in [1.807, 2.05) is 19.1 Å². The van der Waals surface area contributed by atoms with E-state index < -0.39 is 0 Å². The van der Waals surface area contributed by atoms with E-state index in [0.717, 1.165) is 25.8 Å². The number of benzene rings is 1. The van der Waals surface area contributed by atoms with Crippen LogP contribution in [-0.2, 0) is 11.2 Å². The van der Waals surface area contributed by atoms with Gasteiger partial charge in [-0.05, 0) is 56.0 Å². The van der Waals surface area contributed by atoms with E-state index in [1.54, 1.807) is 6.07 Å². The lowest BCUT2D eigenvalue weighted by molar-refractivity contribution is -0.122. The molecular weight excluding hydrogens is 252 g/mol. The maximum atomic E-state index is 11.8. The number of fused-ring (bicyclic) bond motifs is 1. The first-order chi connectivity index (χ1) is 9.65. The molecule has 1 aliphatic carbocycles. The van der Waals surface area contributed by atoms with E-state index >= 15 is 0 Å². The lowest BCUT2D eigenvalue weighted by Gasteiger charge is -2.34. The van der Waals surface area contributed by atoms with E-state index in [2.05, 4.69) is 17.1 Å². The molecule has 0 heterocycles. The second-order valence-corrected chi connectivity index (χ2v) is 5.31. The molecule has 0 aliphatic heterocycles. The van der Waals surface area contributed by atoms with Crippen LogP contribution in [0.1, 0.15) is 43.9 Å². The van der Waals surface area contributed by atoms with Gasteiger partial charge in [-0.3, -0.25) is 9.69 Å². The van der Waals surface area contributed by atoms with Crippen LogP contribution in [0.2, 0.25) is 0 Å². The van der Waals surface area contributed by atoms with Crippen LogP contribution < -0.4 is 5.32 Å². The summed E-state index contributed by atoms with van der Waals surface area (Å²) in [6.07, 6.45) is 3.19. The van der Waals surface area contributed by atoms with Gasteiger partial charge in [-0.15, -0.1) is 0 Å². The van der Waals surface area contributed by atoms with Crippen molar-refractivity contribution in [3.05, 3.63) is 29.3 Å². The Morgan fingerprint density at radius 2 is 2.25 bits per heavy atom. The molecule has 1 unspecified atom stereocenters. The zero-order valence-corrected chi connectivity index (χ0v) is 12.4. The lowest BCUT2D eigenvalue weighted by Crippen LogP contribution is -2.40. The molecule has 0 radical (unpaired) electrons. The van der Waals surface area contributed by atoms with Crippen molar-refractivity contribution in [2.24, 2.45) is 0 Å². The Labute approximate surface area is 120 Å². The molecule has 0 spiro atoms. The van der Waals surface area contributed by atoms with Crippen LogP contribution in [-0.4, -0.2) is 35.5 Å². The summed E-state index contributed by atoms with van der Waals surface area (Å²) in [5.74, 6) is 0.413. The fourth-order valence-electron chi connectivity index (χ4n) is 3.03. The number of aryl methyl sites for hydroxylation is 1. The SMILES string of the molecule is CCNC(=O)CN(CC)C1CCCc2cc(O)ccc21. The van der Waals surface area contributed by atoms with Gasteiger partial charge < -0.3 is 10.4 Å². The summed E-state index contributed by atoms with van der Waals surface area (Å²) < 4.78 is 0. The van der Waals surface area contributed by atoms with Crippen LogP contribution in [0.15, 0.2) is 18.2 Å². The monoisotopic (exact) mass is 276 g/mol. The quantitative estimate of drug-likeness (QED) is 0.867. The Kier molecular flexibility index (Phi) is 5.01. The van der Waals surface area contributed by atoms with E-state index in [9.17, 15) is 9.90 Å².